The van der Waals surface area contributed by atoms with Crippen molar-refractivity contribution in [2.45, 2.75) is 19.9 Å². The van der Waals surface area contributed by atoms with Gasteiger partial charge in [-0.3, -0.25) is 14.5 Å². The Hall–Kier alpha value is -2.87. The number of hydrogen-bond acceptors (Lipinski definition) is 6. The van der Waals surface area contributed by atoms with Crippen LogP contribution in [-0.4, -0.2) is 40.7 Å². The lowest BCUT2D eigenvalue weighted by molar-refractivity contribution is -0.117. The molecule has 0 fully saturated rings. The Labute approximate surface area is 143 Å². The molecule has 130 valence electrons. The number of fused-ring (bicyclic) bond motifs is 2. The standard InChI is InChI=1S/C17H18N4O4/c1-10-18-13-4-5-21(7-12(13)17(23)19-10)8-16(22)20-11-2-3-14-15(6-11)25-9-24-14/h2-3,6H,4-5,7-9H2,1H3,(H,20,22)(H,18,19,23). The molecule has 0 atom stereocenters. The van der Waals surface area contributed by atoms with E-state index in [4.69, 9.17) is 9.47 Å². The van der Waals surface area contributed by atoms with Crippen LogP contribution in [0.2, 0.25) is 0 Å². The largest absolute Gasteiger partial charge is 0.454 e. The summed E-state index contributed by atoms with van der Waals surface area (Å²) in [5.41, 5.74) is 2.01. The van der Waals surface area contributed by atoms with Crippen LogP contribution in [0.4, 0.5) is 5.69 Å². The summed E-state index contributed by atoms with van der Waals surface area (Å²) in [6, 6.07) is 5.28. The molecule has 0 saturated heterocycles. The van der Waals surface area contributed by atoms with Gasteiger partial charge >= 0.3 is 0 Å². The predicted octanol–water partition coefficient (Wildman–Crippen LogP) is 0.804. The number of aryl methyl sites for hydroxylation is 1. The Bertz CT molecular complexity index is 893. The quantitative estimate of drug-likeness (QED) is 0.857. The number of amides is 1. The van der Waals surface area contributed by atoms with Crippen molar-refractivity contribution in [2.24, 2.45) is 0 Å². The van der Waals surface area contributed by atoms with Crippen LogP contribution >= 0.6 is 0 Å². The molecule has 2 aromatic rings. The molecule has 25 heavy (non-hydrogen) atoms. The van der Waals surface area contributed by atoms with Gasteiger partial charge in [0.05, 0.1) is 17.8 Å². The van der Waals surface area contributed by atoms with Crippen molar-refractivity contribution in [3.05, 3.63) is 45.6 Å². The predicted molar refractivity (Wildman–Crippen MR) is 89.8 cm³/mol. The highest BCUT2D eigenvalue weighted by Crippen LogP contribution is 2.34. The van der Waals surface area contributed by atoms with Gasteiger partial charge in [0.2, 0.25) is 12.7 Å². The van der Waals surface area contributed by atoms with Crippen LogP contribution in [-0.2, 0) is 17.8 Å². The average molecular weight is 342 g/mol. The number of aromatic nitrogens is 2. The van der Waals surface area contributed by atoms with Crippen molar-refractivity contribution in [1.82, 2.24) is 14.9 Å². The third kappa shape index (κ3) is 3.20. The number of carbonyl (C=O) groups is 1. The minimum atomic E-state index is -0.140. The second-order valence-corrected chi connectivity index (χ2v) is 6.15. The Kier molecular flexibility index (Phi) is 3.89. The maximum Gasteiger partial charge on any atom is 0.255 e. The fraction of sp³-hybridized carbons (Fsp3) is 0.353. The molecule has 2 aliphatic rings. The zero-order valence-corrected chi connectivity index (χ0v) is 13.8. The molecule has 8 heteroatoms. The molecular weight excluding hydrogens is 324 g/mol. The summed E-state index contributed by atoms with van der Waals surface area (Å²) in [6.07, 6.45) is 0.664. The van der Waals surface area contributed by atoms with E-state index >= 15 is 0 Å². The van der Waals surface area contributed by atoms with Gasteiger partial charge in [-0.1, -0.05) is 0 Å². The zero-order valence-electron chi connectivity index (χ0n) is 13.8. The molecule has 0 spiro atoms. The number of nitrogens with one attached hydrogen (secondary N) is 2. The highest BCUT2D eigenvalue weighted by molar-refractivity contribution is 5.92. The molecule has 1 aromatic carbocycles. The topological polar surface area (TPSA) is 96.6 Å². The summed E-state index contributed by atoms with van der Waals surface area (Å²) < 4.78 is 10.6. The Morgan fingerprint density at radius 3 is 3.08 bits per heavy atom. The van der Waals surface area contributed by atoms with Crippen LogP contribution < -0.4 is 20.3 Å². The van der Waals surface area contributed by atoms with E-state index in [1.807, 2.05) is 4.90 Å². The fourth-order valence-electron chi connectivity index (χ4n) is 3.12. The molecule has 0 aliphatic carbocycles. The Morgan fingerprint density at radius 2 is 2.20 bits per heavy atom. The molecule has 0 bridgehead atoms. The van der Waals surface area contributed by atoms with Crippen molar-refractivity contribution in [3.63, 3.8) is 0 Å². The molecular formula is C17H18N4O4. The van der Waals surface area contributed by atoms with Gasteiger partial charge in [-0.25, -0.2) is 4.98 Å². The van der Waals surface area contributed by atoms with Gasteiger partial charge in [-0.2, -0.15) is 0 Å². The minimum Gasteiger partial charge on any atom is -0.454 e. The fourth-order valence-corrected chi connectivity index (χ4v) is 3.12. The minimum absolute atomic E-state index is 0.122. The summed E-state index contributed by atoms with van der Waals surface area (Å²) in [4.78, 5) is 33.4. The second kappa shape index (κ2) is 6.21. The summed E-state index contributed by atoms with van der Waals surface area (Å²) in [5, 5.41) is 2.85. The number of nitrogens with zero attached hydrogens (tertiary/aromatic N) is 2. The van der Waals surface area contributed by atoms with Gasteiger partial charge in [-0.05, 0) is 19.1 Å². The van der Waals surface area contributed by atoms with Crippen molar-refractivity contribution < 1.29 is 14.3 Å². The van der Waals surface area contributed by atoms with Crippen LogP contribution in [0.5, 0.6) is 11.5 Å². The summed E-state index contributed by atoms with van der Waals surface area (Å²) >= 11 is 0. The number of ether oxygens (including phenoxy) is 2. The third-order valence-electron chi connectivity index (χ3n) is 4.29. The van der Waals surface area contributed by atoms with Gasteiger partial charge in [-0.15, -0.1) is 0 Å². The van der Waals surface area contributed by atoms with Crippen LogP contribution in [0.1, 0.15) is 17.1 Å². The first-order valence-corrected chi connectivity index (χ1v) is 8.09. The van der Waals surface area contributed by atoms with Gasteiger partial charge in [0, 0.05) is 31.3 Å². The normalized spacial score (nSPS) is 15.7. The summed E-state index contributed by atoms with van der Waals surface area (Å²) in [7, 11) is 0. The van der Waals surface area contributed by atoms with Crippen LogP contribution in [0.3, 0.4) is 0 Å². The van der Waals surface area contributed by atoms with Gasteiger partial charge in [0.15, 0.2) is 11.5 Å². The van der Waals surface area contributed by atoms with E-state index < -0.39 is 0 Å². The molecule has 1 amide bonds. The van der Waals surface area contributed by atoms with E-state index in [-0.39, 0.29) is 24.8 Å². The van der Waals surface area contributed by atoms with E-state index in [0.29, 0.717) is 48.1 Å². The number of anilines is 1. The number of benzene rings is 1. The molecule has 0 unspecified atom stereocenters. The molecule has 1 aromatic heterocycles. The van der Waals surface area contributed by atoms with Crippen molar-refractivity contribution in [1.29, 1.82) is 0 Å². The summed E-state index contributed by atoms with van der Waals surface area (Å²) in [6.45, 7) is 3.29. The average Bonchev–Trinajstić information content (AvgIpc) is 3.03. The van der Waals surface area contributed by atoms with Gasteiger partial charge in [0.25, 0.3) is 5.56 Å². The number of hydrogen-bond donors (Lipinski definition) is 2. The van der Waals surface area contributed by atoms with Crippen molar-refractivity contribution >= 4 is 11.6 Å². The lowest BCUT2D eigenvalue weighted by Gasteiger charge is -2.26. The highest BCUT2D eigenvalue weighted by Gasteiger charge is 2.22. The lowest BCUT2D eigenvalue weighted by atomic mass is 10.1. The van der Waals surface area contributed by atoms with Gasteiger partial charge < -0.3 is 19.8 Å². The van der Waals surface area contributed by atoms with Crippen LogP contribution in [0, 0.1) is 6.92 Å². The zero-order chi connectivity index (χ0) is 17.4. The number of rotatable bonds is 3. The van der Waals surface area contributed by atoms with Crippen molar-refractivity contribution in [2.75, 3.05) is 25.2 Å². The molecule has 4 rings (SSSR count). The van der Waals surface area contributed by atoms with E-state index in [0.717, 1.165) is 5.69 Å². The third-order valence-corrected chi connectivity index (χ3v) is 4.29. The van der Waals surface area contributed by atoms with Gasteiger partial charge in [0.1, 0.15) is 5.82 Å². The number of carbonyl (C=O) groups excluding carboxylic acids is 1. The number of H-pyrrole nitrogens is 1. The molecule has 8 nitrogen and oxygen atoms in total. The Morgan fingerprint density at radius 1 is 1.36 bits per heavy atom. The van der Waals surface area contributed by atoms with Crippen molar-refractivity contribution in [3.8, 4) is 11.5 Å². The first-order chi connectivity index (χ1) is 12.1. The van der Waals surface area contributed by atoms with E-state index in [1.54, 1.807) is 25.1 Å². The van der Waals surface area contributed by atoms with E-state index in [9.17, 15) is 9.59 Å². The van der Waals surface area contributed by atoms with E-state index in [1.165, 1.54) is 0 Å². The van der Waals surface area contributed by atoms with E-state index in [2.05, 4.69) is 15.3 Å². The first-order valence-electron chi connectivity index (χ1n) is 8.09. The van der Waals surface area contributed by atoms with Crippen LogP contribution in [0.15, 0.2) is 23.0 Å². The lowest BCUT2D eigenvalue weighted by Crippen LogP contribution is -2.40. The first kappa shape index (κ1) is 15.6. The maximum absolute atomic E-state index is 12.3. The Balaban J connectivity index is 1.41. The second-order valence-electron chi connectivity index (χ2n) is 6.15. The molecule has 2 N–H and O–H groups in total. The highest BCUT2D eigenvalue weighted by atomic mass is 16.7. The summed E-state index contributed by atoms with van der Waals surface area (Å²) in [5.74, 6) is 1.78. The number of aromatic amines is 1. The maximum atomic E-state index is 12.3. The molecule has 2 aliphatic heterocycles. The van der Waals surface area contributed by atoms with Crippen LogP contribution in [0.25, 0.3) is 0 Å². The molecule has 0 radical (unpaired) electrons. The molecule has 3 heterocycles. The smallest absolute Gasteiger partial charge is 0.255 e. The monoisotopic (exact) mass is 342 g/mol. The SMILES string of the molecule is Cc1nc2c(c(=O)[nH]1)CN(CC(=O)Nc1ccc3c(c1)OCO3)CC2. The molecule has 0 saturated carbocycles.